The molecule has 0 amide bonds. The Balaban J connectivity index is 0.00000133. The quantitative estimate of drug-likeness (QED) is 0.744. The van der Waals surface area contributed by atoms with Crippen molar-refractivity contribution >= 4 is 52.5 Å². The number of nitrogens with one attached hydrogen (secondary N) is 3. The van der Waals surface area contributed by atoms with Crippen LogP contribution in [0.4, 0.5) is 5.82 Å². The summed E-state index contributed by atoms with van der Waals surface area (Å²) in [5.41, 5.74) is 0.659. The minimum absolute atomic E-state index is 0. The van der Waals surface area contributed by atoms with Crippen LogP contribution >= 0.6 is 35.6 Å². The van der Waals surface area contributed by atoms with Crippen LogP contribution in [0.15, 0.2) is 6.20 Å². The van der Waals surface area contributed by atoms with Gasteiger partial charge in [0.2, 0.25) is 5.28 Å². The Labute approximate surface area is 126 Å². The lowest BCUT2D eigenvalue weighted by atomic mass is 10.1. The predicted molar refractivity (Wildman–Crippen MR) is 80.7 cm³/mol. The van der Waals surface area contributed by atoms with Crippen LogP contribution in [0.25, 0.3) is 11.0 Å². The molecule has 0 bridgehead atoms. The van der Waals surface area contributed by atoms with Gasteiger partial charge in [-0.15, -0.1) is 12.4 Å². The van der Waals surface area contributed by atoms with Crippen LogP contribution in [-0.4, -0.2) is 34.1 Å². The van der Waals surface area contributed by atoms with Gasteiger partial charge in [-0.1, -0.05) is 11.6 Å². The summed E-state index contributed by atoms with van der Waals surface area (Å²) in [4.78, 5) is 11.3. The van der Waals surface area contributed by atoms with Crippen molar-refractivity contribution in [3.8, 4) is 0 Å². The number of hydrogen-bond donors (Lipinski definition) is 3. The highest BCUT2D eigenvalue weighted by molar-refractivity contribution is 6.36. The van der Waals surface area contributed by atoms with E-state index >= 15 is 0 Å². The molecule has 1 unspecified atom stereocenters. The molecule has 3 heterocycles. The number of aromatic amines is 1. The first-order valence-corrected chi connectivity index (χ1v) is 6.67. The second-order valence-corrected chi connectivity index (χ2v) is 5.13. The van der Waals surface area contributed by atoms with Crippen LogP contribution in [0.5, 0.6) is 0 Å². The highest BCUT2D eigenvalue weighted by Gasteiger charge is 2.17. The monoisotopic (exact) mass is 321 g/mol. The maximum atomic E-state index is 6.14. The lowest BCUT2D eigenvalue weighted by Gasteiger charge is -2.24. The van der Waals surface area contributed by atoms with Crippen molar-refractivity contribution in [1.82, 2.24) is 20.3 Å². The smallest absolute Gasteiger partial charge is 0.226 e. The molecule has 3 rings (SSSR count). The fraction of sp³-hybridized carbons (Fsp3) is 0.455. The van der Waals surface area contributed by atoms with Crippen molar-refractivity contribution in [2.75, 3.05) is 18.4 Å². The SMILES string of the molecule is Cl.Clc1nc(NC2CCCNC2)c2c(Cl)c[nH]c2n1. The van der Waals surface area contributed by atoms with E-state index in [4.69, 9.17) is 23.2 Å². The van der Waals surface area contributed by atoms with Crippen LogP contribution in [0.3, 0.4) is 0 Å². The zero-order valence-corrected chi connectivity index (χ0v) is 12.4. The number of H-pyrrole nitrogens is 1. The maximum absolute atomic E-state index is 6.14. The number of anilines is 1. The first-order valence-electron chi connectivity index (χ1n) is 5.91. The minimum atomic E-state index is 0. The van der Waals surface area contributed by atoms with Gasteiger partial charge in [0.15, 0.2) is 0 Å². The second kappa shape index (κ2) is 6.13. The van der Waals surface area contributed by atoms with E-state index < -0.39 is 0 Å². The molecule has 8 heteroatoms. The van der Waals surface area contributed by atoms with Crippen LogP contribution < -0.4 is 10.6 Å². The average molecular weight is 323 g/mol. The van der Waals surface area contributed by atoms with E-state index in [0.717, 1.165) is 31.3 Å². The first kappa shape index (κ1) is 14.7. The van der Waals surface area contributed by atoms with E-state index in [1.54, 1.807) is 6.20 Å². The lowest BCUT2D eigenvalue weighted by Crippen LogP contribution is -2.38. The molecule has 1 atom stereocenters. The van der Waals surface area contributed by atoms with Crippen LogP contribution in [0.1, 0.15) is 12.8 Å². The third-order valence-electron chi connectivity index (χ3n) is 3.09. The van der Waals surface area contributed by atoms with Gasteiger partial charge in [-0.05, 0) is 31.0 Å². The van der Waals surface area contributed by atoms with Gasteiger partial charge in [0, 0.05) is 18.8 Å². The van der Waals surface area contributed by atoms with Crippen LogP contribution in [0.2, 0.25) is 10.3 Å². The minimum Gasteiger partial charge on any atom is -0.365 e. The number of aromatic nitrogens is 3. The molecule has 0 aromatic carbocycles. The molecule has 19 heavy (non-hydrogen) atoms. The van der Waals surface area contributed by atoms with E-state index in [9.17, 15) is 0 Å². The number of halogens is 3. The molecular weight excluding hydrogens is 309 g/mol. The Bertz CT molecular complexity index is 565. The molecule has 1 fully saturated rings. The van der Waals surface area contributed by atoms with E-state index in [-0.39, 0.29) is 17.7 Å². The third kappa shape index (κ3) is 3.05. The van der Waals surface area contributed by atoms with Crippen LogP contribution in [0, 0.1) is 0 Å². The Morgan fingerprint density at radius 2 is 2.16 bits per heavy atom. The second-order valence-electron chi connectivity index (χ2n) is 4.39. The molecule has 0 saturated carbocycles. The molecule has 3 N–H and O–H groups in total. The molecule has 5 nitrogen and oxygen atoms in total. The third-order valence-corrected chi connectivity index (χ3v) is 3.56. The van der Waals surface area contributed by atoms with Gasteiger partial charge in [-0.25, -0.2) is 0 Å². The summed E-state index contributed by atoms with van der Waals surface area (Å²) >= 11 is 12.0. The fourth-order valence-electron chi connectivity index (χ4n) is 2.24. The Morgan fingerprint density at radius 3 is 2.89 bits per heavy atom. The highest BCUT2D eigenvalue weighted by Crippen LogP contribution is 2.29. The van der Waals surface area contributed by atoms with Gasteiger partial charge in [0.25, 0.3) is 0 Å². The van der Waals surface area contributed by atoms with Gasteiger partial charge < -0.3 is 15.6 Å². The molecule has 104 valence electrons. The highest BCUT2D eigenvalue weighted by atomic mass is 35.5. The zero-order chi connectivity index (χ0) is 12.5. The van der Waals surface area contributed by atoms with E-state index in [0.29, 0.717) is 22.5 Å². The zero-order valence-electron chi connectivity index (χ0n) is 10.0. The van der Waals surface area contributed by atoms with Crippen molar-refractivity contribution in [2.24, 2.45) is 0 Å². The van der Waals surface area contributed by atoms with Crippen molar-refractivity contribution in [3.63, 3.8) is 0 Å². The predicted octanol–water partition coefficient (Wildman–Crippen LogP) is 2.85. The molecule has 0 radical (unpaired) electrons. The van der Waals surface area contributed by atoms with Crippen molar-refractivity contribution < 1.29 is 0 Å². The topological polar surface area (TPSA) is 65.6 Å². The Hall–Kier alpha value is -0.750. The normalized spacial score (nSPS) is 19.2. The molecule has 0 spiro atoms. The molecule has 1 aliphatic heterocycles. The Morgan fingerprint density at radius 1 is 1.32 bits per heavy atom. The standard InChI is InChI=1S/C11H13Cl2N5.ClH/c12-7-5-15-9-8(7)10(18-11(13)17-9)16-6-2-1-3-14-4-6;/h5-6,14H,1-4H2,(H2,15,16,17,18);1H. The van der Waals surface area contributed by atoms with Crippen molar-refractivity contribution in [1.29, 1.82) is 0 Å². The number of fused-ring (bicyclic) bond motifs is 1. The summed E-state index contributed by atoms with van der Waals surface area (Å²) in [5.74, 6) is 0.699. The first-order chi connectivity index (χ1) is 8.74. The number of rotatable bonds is 2. The molecule has 1 aliphatic rings. The Kier molecular flexibility index (Phi) is 4.73. The number of nitrogens with zero attached hydrogens (tertiary/aromatic N) is 2. The summed E-state index contributed by atoms with van der Waals surface area (Å²) in [7, 11) is 0. The van der Waals surface area contributed by atoms with Gasteiger partial charge in [-0.2, -0.15) is 9.97 Å². The molecule has 1 saturated heterocycles. The average Bonchev–Trinajstić information content (AvgIpc) is 2.72. The van der Waals surface area contributed by atoms with Gasteiger partial charge in [0.05, 0.1) is 10.4 Å². The fourth-order valence-corrected chi connectivity index (χ4v) is 2.64. The summed E-state index contributed by atoms with van der Waals surface area (Å²) in [5, 5.41) is 8.35. The van der Waals surface area contributed by atoms with E-state index in [2.05, 4.69) is 25.6 Å². The maximum Gasteiger partial charge on any atom is 0.226 e. The summed E-state index contributed by atoms with van der Waals surface area (Å²) < 4.78 is 0. The molecule has 0 aliphatic carbocycles. The number of hydrogen-bond acceptors (Lipinski definition) is 4. The summed E-state index contributed by atoms with van der Waals surface area (Å²) in [6.07, 6.45) is 3.96. The summed E-state index contributed by atoms with van der Waals surface area (Å²) in [6, 6.07) is 0.346. The van der Waals surface area contributed by atoms with E-state index in [1.165, 1.54) is 0 Å². The lowest BCUT2D eigenvalue weighted by molar-refractivity contribution is 0.479. The number of piperidine rings is 1. The van der Waals surface area contributed by atoms with E-state index in [1.807, 2.05) is 0 Å². The summed E-state index contributed by atoms with van der Waals surface area (Å²) in [6.45, 7) is 1.99. The van der Waals surface area contributed by atoms with Crippen molar-refractivity contribution in [2.45, 2.75) is 18.9 Å². The van der Waals surface area contributed by atoms with Gasteiger partial charge >= 0.3 is 0 Å². The van der Waals surface area contributed by atoms with Crippen molar-refractivity contribution in [3.05, 3.63) is 16.5 Å². The molecule has 2 aromatic heterocycles. The van der Waals surface area contributed by atoms with Gasteiger partial charge in [0.1, 0.15) is 11.5 Å². The van der Waals surface area contributed by atoms with Gasteiger partial charge in [-0.3, -0.25) is 0 Å². The van der Waals surface area contributed by atoms with Crippen LogP contribution in [-0.2, 0) is 0 Å². The largest absolute Gasteiger partial charge is 0.365 e. The molecule has 2 aromatic rings. The molecular formula is C11H14Cl3N5.